The Morgan fingerprint density at radius 2 is 1.96 bits per heavy atom. The highest BCUT2D eigenvalue weighted by molar-refractivity contribution is 6.74. The van der Waals surface area contributed by atoms with Crippen molar-refractivity contribution in [2.75, 3.05) is 20.3 Å². The van der Waals surface area contributed by atoms with Gasteiger partial charge in [0.1, 0.15) is 12.4 Å². The van der Waals surface area contributed by atoms with Crippen molar-refractivity contribution in [3.05, 3.63) is 46.7 Å². The molecule has 6 heteroatoms. The summed E-state index contributed by atoms with van der Waals surface area (Å²) in [5.41, 5.74) is 2.92. The second kappa shape index (κ2) is 6.83. The standard InChI is InChI=1S/C20H29NO4Si/c1-20(2,3)26(5,6)25-16-13-24-21-12-11-14-9-7-8-10-15(14)18(21)17(16)19(22)23-4/h7-10,18H,11-13H2,1-6H3. The average Bonchev–Trinajstić information content (AvgIpc) is 2.59. The molecule has 0 fully saturated rings. The normalized spacial score (nSPS) is 21.1. The molecular formula is C20H29NO4Si. The molecule has 5 nitrogen and oxygen atoms in total. The summed E-state index contributed by atoms with van der Waals surface area (Å²) in [5, 5.41) is 1.93. The van der Waals surface area contributed by atoms with Crippen molar-refractivity contribution in [3.8, 4) is 0 Å². The first-order chi connectivity index (χ1) is 12.2. The van der Waals surface area contributed by atoms with E-state index in [0.29, 0.717) is 11.3 Å². The zero-order chi connectivity index (χ0) is 19.1. The van der Waals surface area contributed by atoms with Crippen LogP contribution in [0.3, 0.4) is 0 Å². The fourth-order valence-corrected chi connectivity index (χ4v) is 4.33. The van der Waals surface area contributed by atoms with Crippen LogP contribution in [0.5, 0.6) is 0 Å². The number of fused-ring (bicyclic) bond motifs is 3. The van der Waals surface area contributed by atoms with Crippen molar-refractivity contribution in [3.63, 3.8) is 0 Å². The van der Waals surface area contributed by atoms with Gasteiger partial charge in [0.25, 0.3) is 0 Å². The highest BCUT2D eigenvalue weighted by Crippen LogP contribution is 2.43. The summed E-state index contributed by atoms with van der Waals surface area (Å²) in [6.07, 6.45) is 0.902. The van der Waals surface area contributed by atoms with Gasteiger partial charge in [-0.3, -0.25) is 4.84 Å². The Bertz CT molecular complexity index is 736. The molecule has 2 heterocycles. The van der Waals surface area contributed by atoms with E-state index in [1.165, 1.54) is 12.7 Å². The molecule has 26 heavy (non-hydrogen) atoms. The van der Waals surface area contributed by atoms with Crippen molar-refractivity contribution < 1.29 is 18.8 Å². The lowest BCUT2D eigenvalue weighted by atomic mass is 9.88. The predicted molar refractivity (Wildman–Crippen MR) is 103 cm³/mol. The van der Waals surface area contributed by atoms with Crippen LogP contribution < -0.4 is 0 Å². The fraction of sp³-hybridized carbons (Fsp3) is 0.550. The van der Waals surface area contributed by atoms with E-state index in [2.05, 4.69) is 46.0 Å². The van der Waals surface area contributed by atoms with Crippen LogP contribution in [0.25, 0.3) is 0 Å². The third kappa shape index (κ3) is 3.33. The maximum Gasteiger partial charge on any atom is 0.339 e. The minimum absolute atomic E-state index is 0.0306. The molecule has 3 rings (SSSR count). The van der Waals surface area contributed by atoms with Crippen molar-refractivity contribution in [2.45, 2.75) is 51.4 Å². The van der Waals surface area contributed by atoms with E-state index in [0.717, 1.165) is 18.5 Å². The lowest BCUT2D eigenvalue weighted by Gasteiger charge is -2.43. The molecule has 0 saturated heterocycles. The van der Waals surface area contributed by atoms with E-state index >= 15 is 0 Å². The molecule has 1 aromatic carbocycles. The van der Waals surface area contributed by atoms with Crippen LogP contribution in [0.2, 0.25) is 18.1 Å². The topological polar surface area (TPSA) is 48.0 Å². The molecule has 0 radical (unpaired) electrons. The van der Waals surface area contributed by atoms with Gasteiger partial charge in [-0.25, -0.2) is 4.79 Å². The number of hydrogen-bond acceptors (Lipinski definition) is 5. The second-order valence-corrected chi connectivity index (χ2v) is 13.2. The smallest absolute Gasteiger partial charge is 0.339 e. The monoisotopic (exact) mass is 375 g/mol. The van der Waals surface area contributed by atoms with Gasteiger partial charge in [-0.2, -0.15) is 5.06 Å². The van der Waals surface area contributed by atoms with Gasteiger partial charge in [-0.05, 0) is 35.7 Å². The Kier molecular flexibility index (Phi) is 5.03. The molecule has 0 saturated carbocycles. The Labute approximate surface area is 157 Å². The molecule has 1 atom stereocenters. The Morgan fingerprint density at radius 1 is 1.27 bits per heavy atom. The Balaban J connectivity index is 2.10. The molecule has 0 amide bonds. The molecule has 0 aromatic heterocycles. The number of ether oxygens (including phenoxy) is 1. The van der Waals surface area contributed by atoms with E-state index < -0.39 is 8.32 Å². The second-order valence-electron chi connectivity index (χ2n) is 8.46. The largest absolute Gasteiger partial charge is 0.544 e. The van der Waals surface area contributed by atoms with Crippen LogP contribution >= 0.6 is 0 Å². The number of carbonyl (C=O) groups excluding carboxylic acids is 1. The lowest BCUT2D eigenvalue weighted by Crippen LogP contribution is -2.46. The summed E-state index contributed by atoms with van der Waals surface area (Å²) in [5.74, 6) is 0.287. The van der Waals surface area contributed by atoms with E-state index in [1.54, 1.807) is 0 Å². The van der Waals surface area contributed by atoms with E-state index in [4.69, 9.17) is 14.0 Å². The van der Waals surface area contributed by atoms with Gasteiger partial charge in [0.05, 0.1) is 18.7 Å². The van der Waals surface area contributed by atoms with E-state index in [9.17, 15) is 4.79 Å². The van der Waals surface area contributed by atoms with Crippen molar-refractivity contribution in [2.24, 2.45) is 0 Å². The summed E-state index contributed by atoms with van der Waals surface area (Å²) < 4.78 is 11.6. The van der Waals surface area contributed by atoms with Gasteiger partial charge < -0.3 is 9.16 Å². The average molecular weight is 376 g/mol. The molecule has 1 unspecified atom stereocenters. The summed E-state index contributed by atoms with van der Waals surface area (Å²) in [7, 11) is -0.681. The highest BCUT2D eigenvalue weighted by Gasteiger charge is 2.45. The van der Waals surface area contributed by atoms with Crippen LogP contribution in [0.1, 0.15) is 37.9 Å². The Hall–Kier alpha value is -1.63. The van der Waals surface area contributed by atoms with Crippen LogP contribution in [0.15, 0.2) is 35.6 Å². The third-order valence-electron chi connectivity index (χ3n) is 5.76. The maximum absolute atomic E-state index is 12.8. The van der Waals surface area contributed by atoms with Gasteiger partial charge in [-0.15, -0.1) is 0 Å². The SMILES string of the molecule is COC(=O)C1=C(O[Si](C)(C)C(C)(C)C)CON2CCc3ccccc3C12. The first-order valence-corrected chi connectivity index (χ1v) is 12.0. The van der Waals surface area contributed by atoms with Crippen LogP contribution in [0, 0.1) is 0 Å². The van der Waals surface area contributed by atoms with Crippen LogP contribution in [0.4, 0.5) is 0 Å². The number of hydroxylamine groups is 2. The molecule has 142 valence electrons. The van der Waals surface area contributed by atoms with Crippen molar-refractivity contribution >= 4 is 14.3 Å². The molecule has 0 spiro atoms. The minimum atomic E-state index is -2.11. The number of benzene rings is 1. The van der Waals surface area contributed by atoms with E-state index in [-0.39, 0.29) is 23.7 Å². The van der Waals surface area contributed by atoms with Gasteiger partial charge in [0.15, 0.2) is 0 Å². The quantitative estimate of drug-likeness (QED) is 0.591. The molecule has 2 aliphatic heterocycles. The van der Waals surface area contributed by atoms with Crippen molar-refractivity contribution in [1.29, 1.82) is 0 Å². The lowest BCUT2D eigenvalue weighted by molar-refractivity contribution is -0.196. The number of nitrogens with zero attached hydrogens (tertiary/aromatic N) is 1. The number of rotatable bonds is 3. The molecule has 0 bridgehead atoms. The summed E-state index contributed by atoms with van der Waals surface area (Å²) in [6.45, 7) is 11.9. The van der Waals surface area contributed by atoms with Gasteiger partial charge in [0.2, 0.25) is 8.32 Å². The van der Waals surface area contributed by atoms with Crippen molar-refractivity contribution in [1.82, 2.24) is 5.06 Å². The zero-order valence-electron chi connectivity index (χ0n) is 16.6. The minimum Gasteiger partial charge on any atom is -0.544 e. The maximum atomic E-state index is 12.8. The summed E-state index contributed by atoms with van der Waals surface area (Å²) in [4.78, 5) is 18.8. The van der Waals surface area contributed by atoms with Crippen LogP contribution in [-0.4, -0.2) is 39.6 Å². The summed E-state index contributed by atoms with van der Waals surface area (Å²) >= 11 is 0. The molecule has 0 N–H and O–H groups in total. The molecular weight excluding hydrogens is 346 g/mol. The fourth-order valence-electron chi connectivity index (χ4n) is 3.23. The Morgan fingerprint density at radius 3 is 2.62 bits per heavy atom. The molecule has 2 aliphatic rings. The summed E-state index contributed by atoms with van der Waals surface area (Å²) in [6, 6.07) is 7.94. The third-order valence-corrected chi connectivity index (χ3v) is 10.1. The van der Waals surface area contributed by atoms with Gasteiger partial charge >= 0.3 is 5.97 Å². The zero-order valence-corrected chi connectivity index (χ0v) is 17.6. The van der Waals surface area contributed by atoms with E-state index in [1.807, 2.05) is 17.2 Å². The van der Waals surface area contributed by atoms with Gasteiger partial charge in [0, 0.05) is 6.54 Å². The number of esters is 1. The first-order valence-electron chi connectivity index (χ1n) is 9.13. The molecule has 1 aromatic rings. The first kappa shape index (κ1) is 19.1. The number of hydrogen-bond donors (Lipinski definition) is 0. The van der Waals surface area contributed by atoms with Gasteiger partial charge in [-0.1, -0.05) is 45.0 Å². The number of methoxy groups -OCH3 is 1. The predicted octanol–water partition coefficient (Wildman–Crippen LogP) is 3.98. The number of carbonyl (C=O) groups is 1. The highest BCUT2D eigenvalue weighted by atomic mass is 28.4. The van der Waals surface area contributed by atoms with Crippen LogP contribution in [-0.2, 0) is 25.2 Å². The molecule has 0 aliphatic carbocycles.